The van der Waals surface area contributed by atoms with E-state index in [4.69, 9.17) is 4.42 Å². The Morgan fingerprint density at radius 2 is 1.69 bits per heavy atom. The zero-order chi connectivity index (χ0) is 19.9. The number of hydrogen-bond acceptors (Lipinski definition) is 6. The van der Waals surface area contributed by atoms with E-state index in [-0.39, 0.29) is 45.7 Å². The second-order valence-corrected chi connectivity index (χ2v) is 7.46. The molecule has 1 aromatic heterocycles. The predicted octanol–water partition coefficient (Wildman–Crippen LogP) is -0.365. The average Bonchev–Trinajstić information content (AvgIpc) is 2.68. The molecule has 0 fully saturated rings. The summed E-state index contributed by atoms with van der Waals surface area (Å²) in [5.41, 5.74) is -0.320. The summed E-state index contributed by atoms with van der Waals surface area (Å²) >= 11 is 0. The van der Waals surface area contributed by atoms with Gasteiger partial charge in [-0.25, -0.2) is 4.79 Å². The van der Waals surface area contributed by atoms with Gasteiger partial charge < -0.3 is 9.52 Å². The molecule has 0 saturated carbocycles. The first kappa shape index (κ1) is 21.2. The molecule has 0 radical (unpaired) electrons. The summed E-state index contributed by atoms with van der Waals surface area (Å²) in [5.74, 6) is -0.582. The molecule has 9 heteroatoms. The van der Waals surface area contributed by atoms with Crippen molar-refractivity contribution < 1.29 is 52.1 Å². The molecule has 0 aliphatic rings. The van der Waals surface area contributed by atoms with E-state index < -0.39 is 21.6 Å². The second-order valence-electron chi connectivity index (χ2n) is 6.04. The average molecular weight is 417 g/mol. The van der Waals surface area contributed by atoms with E-state index in [0.29, 0.717) is 21.7 Å². The summed E-state index contributed by atoms with van der Waals surface area (Å²) < 4.78 is 37.2. The van der Waals surface area contributed by atoms with E-state index in [9.17, 15) is 22.9 Å². The zero-order valence-electron chi connectivity index (χ0n) is 15.2. The standard InChI is InChI=1S/C20H13NO6S.Na/c22-19(12-4-2-1-3-5-12)21-17-11-16-15-8-7-14(28(24,25)26)10-13(15)6-9-18(16)27-20(17)23;/h1-11H,(H,21,22)(H,24,25,26);/q;+1/p-1. The molecule has 0 bridgehead atoms. The van der Waals surface area contributed by atoms with Crippen molar-refractivity contribution in [1.29, 1.82) is 0 Å². The van der Waals surface area contributed by atoms with Gasteiger partial charge in [0.1, 0.15) is 11.3 Å². The van der Waals surface area contributed by atoms with Gasteiger partial charge in [-0.1, -0.05) is 42.5 Å². The third-order valence-corrected chi connectivity index (χ3v) is 5.08. The maximum atomic E-state index is 12.3. The molecule has 140 valence electrons. The predicted molar refractivity (Wildman–Crippen MR) is 102 cm³/mol. The molecule has 0 unspecified atom stereocenters. The molecule has 29 heavy (non-hydrogen) atoms. The Bertz CT molecular complexity index is 1410. The molecular formula is C20H12NNaO6S. The van der Waals surface area contributed by atoms with Crippen molar-refractivity contribution >= 4 is 43.4 Å². The van der Waals surface area contributed by atoms with Crippen LogP contribution in [0.3, 0.4) is 0 Å². The molecular weight excluding hydrogens is 405 g/mol. The fourth-order valence-electron chi connectivity index (χ4n) is 2.89. The number of hydrogen-bond donors (Lipinski definition) is 1. The van der Waals surface area contributed by atoms with Crippen molar-refractivity contribution in [2.24, 2.45) is 4.99 Å². The van der Waals surface area contributed by atoms with Crippen LogP contribution < -0.4 is 40.3 Å². The third kappa shape index (κ3) is 4.26. The van der Waals surface area contributed by atoms with E-state index >= 15 is 0 Å². The number of benzene rings is 3. The van der Waals surface area contributed by atoms with Crippen molar-refractivity contribution in [3.8, 4) is 0 Å². The Kier molecular flexibility index (Phi) is 5.92. The summed E-state index contributed by atoms with van der Waals surface area (Å²) in [6, 6.07) is 16.8. The first-order valence-corrected chi connectivity index (χ1v) is 9.56. The molecule has 0 saturated heterocycles. The van der Waals surface area contributed by atoms with E-state index in [0.717, 1.165) is 0 Å². The van der Waals surface area contributed by atoms with E-state index in [1.165, 1.54) is 30.3 Å². The van der Waals surface area contributed by atoms with Gasteiger partial charge in [0.25, 0.3) is 10.1 Å². The van der Waals surface area contributed by atoms with Crippen LogP contribution in [0.4, 0.5) is 5.69 Å². The van der Waals surface area contributed by atoms with Gasteiger partial charge in [0.15, 0.2) is 0 Å². The van der Waals surface area contributed by atoms with Gasteiger partial charge in [0.2, 0.25) is 0 Å². The largest absolute Gasteiger partial charge is 1.00 e. The molecule has 0 amide bonds. The zero-order valence-corrected chi connectivity index (χ0v) is 18.0. The number of nitrogens with zero attached hydrogens (tertiary/aromatic N) is 1. The fraction of sp³-hybridized carbons (Fsp3) is 0. The maximum Gasteiger partial charge on any atom is 1.00 e. The molecule has 0 atom stereocenters. The second kappa shape index (κ2) is 8.10. The van der Waals surface area contributed by atoms with Crippen LogP contribution in [0.1, 0.15) is 5.56 Å². The molecule has 1 N–H and O–H groups in total. The fourth-order valence-corrected chi connectivity index (χ4v) is 3.41. The van der Waals surface area contributed by atoms with Gasteiger partial charge in [0, 0.05) is 5.39 Å². The summed E-state index contributed by atoms with van der Waals surface area (Å²) in [7, 11) is -4.35. The Morgan fingerprint density at radius 1 is 0.966 bits per heavy atom. The van der Waals surface area contributed by atoms with Crippen molar-refractivity contribution in [1.82, 2.24) is 0 Å². The topological polar surface area (TPSA) is 120 Å². The summed E-state index contributed by atoms with van der Waals surface area (Å²) in [5, 5.41) is 13.9. The van der Waals surface area contributed by atoms with Gasteiger partial charge >= 0.3 is 35.2 Å². The van der Waals surface area contributed by atoms with Gasteiger partial charge in [0.05, 0.1) is 4.90 Å². The van der Waals surface area contributed by atoms with Crippen LogP contribution in [0, 0.1) is 0 Å². The van der Waals surface area contributed by atoms with Crippen LogP contribution in [0.15, 0.2) is 85.8 Å². The van der Waals surface area contributed by atoms with Gasteiger partial charge in [-0.2, -0.15) is 8.42 Å². The van der Waals surface area contributed by atoms with E-state index in [1.807, 2.05) is 0 Å². The number of fused-ring (bicyclic) bond motifs is 3. The van der Waals surface area contributed by atoms with Crippen LogP contribution >= 0.6 is 0 Å². The van der Waals surface area contributed by atoms with Crippen molar-refractivity contribution in [2.75, 3.05) is 0 Å². The molecule has 0 spiro atoms. The summed E-state index contributed by atoms with van der Waals surface area (Å²) in [6.07, 6.45) is 0. The Morgan fingerprint density at radius 3 is 2.38 bits per heavy atom. The maximum absolute atomic E-state index is 12.3. The Hall–Kier alpha value is -2.49. The number of rotatable bonds is 3. The molecule has 1 heterocycles. The smallest absolute Gasteiger partial charge is 0.858 e. The van der Waals surface area contributed by atoms with Gasteiger partial charge in [-0.3, -0.25) is 9.55 Å². The van der Waals surface area contributed by atoms with E-state index in [1.54, 1.807) is 36.4 Å². The molecule has 4 aromatic rings. The molecule has 0 aliphatic heterocycles. The van der Waals surface area contributed by atoms with Crippen LogP contribution in [0.25, 0.3) is 21.7 Å². The molecule has 4 rings (SSSR count). The Labute approximate surface area is 187 Å². The van der Waals surface area contributed by atoms with Crippen LogP contribution in [-0.4, -0.2) is 18.9 Å². The minimum Gasteiger partial charge on any atom is -0.858 e. The first-order chi connectivity index (χ1) is 13.3. The quantitative estimate of drug-likeness (QED) is 0.121. The van der Waals surface area contributed by atoms with Crippen LogP contribution in [0.2, 0.25) is 0 Å². The van der Waals surface area contributed by atoms with Gasteiger partial charge in [-0.15, -0.1) is 0 Å². The monoisotopic (exact) mass is 417 g/mol. The molecule has 3 aromatic carbocycles. The van der Waals surface area contributed by atoms with Crippen molar-refractivity contribution in [2.45, 2.75) is 4.90 Å². The third-order valence-electron chi connectivity index (χ3n) is 4.23. The van der Waals surface area contributed by atoms with Crippen LogP contribution in [-0.2, 0) is 10.1 Å². The normalized spacial score (nSPS) is 12.1. The van der Waals surface area contributed by atoms with Crippen molar-refractivity contribution in [3.63, 3.8) is 0 Å². The summed E-state index contributed by atoms with van der Waals surface area (Å²) in [6.45, 7) is 0. The van der Waals surface area contributed by atoms with E-state index in [2.05, 4.69) is 4.99 Å². The number of aliphatic imine (C=N–C) groups is 1. The van der Waals surface area contributed by atoms with Crippen molar-refractivity contribution in [3.05, 3.63) is 82.7 Å². The van der Waals surface area contributed by atoms with Gasteiger partial charge in [-0.05, 0) is 46.5 Å². The van der Waals surface area contributed by atoms with Crippen LogP contribution in [0.5, 0.6) is 0 Å². The minimum atomic E-state index is -4.35. The summed E-state index contributed by atoms with van der Waals surface area (Å²) in [4.78, 5) is 15.8. The Balaban J connectivity index is 0.00000240. The first-order valence-electron chi connectivity index (χ1n) is 8.12. The molecule has 0 aliphatic carbocycles. The SMILES string of the molecule is O=c1oc2ccc3cc(S(=O)(=O)O)ccc3c2cc1N=C([O-])c1ccccc1.[Na+]. The minimum absolute atomic E-state index is 0. The molecule has 7 nitrogen and oxygen atoms in total.